The minimum Gasteiger partial charge on any atom is -0.491 e. The van der Waals surface area contributed by atoms with Gasteiger partial charge in [0.25, 0.3) is 0 Å². The van der Waals surface area contributed by atoms with Gasteiger partial charge in [-0.2, -0.15) is 0 Å². The van der Waals surface area contributed by atoms with E-state index in [9.17, 15) is 15.3 Å². The highest BCUT2D eigenvalue weighted by Crippen LogP contribution is 2.35. The highest BCUT2D eigenvalue weighted by atomic mass is 35.5. The van der Waals surface area contributed by atoms with Crippen LogP contribution < -0.4 is 4.74 Å². The molecule has 1 fully saturated rings. The third kappa shape index (κ3) is 5.44. The van der Waals surface area contributed by atoms with Crippen molar-refractivity contribution in [2.75, 3.05) is 13.2 Å². The summed E-state index contributed by atoms with van der Waals surface area (Å²) in [6, 6.07) is 20.0. The Balaban J connectivity index is 1.22. The molecule has 5 atom stereocenters. The maximum absolute atomic E-state index is 10.2. The summed E-state index contributed by atoms with van der Waals surface area (Å²) in [5.74, 6) is 0.779. The molecule has 2 aliphatic heterocycles. The van der Waals surface area contributed by atoms with Crippen LogP contribution in [0.15, 0.2) is 60.7 Å². The minimum atomic E-state index is -1.10. The van der Waals surface area contributed by atoms with Crippen molar-refractivity contribution in [2.45, 2.75) is 56.9 Å². The number of aryl methyl sites for hydroxylation is 1. The van der Waals surface area contributed by atoms with Gasteiger partial charge in [0.15, 0.2) is 0 Å². The predicted octanol–water partition coefficient (Wildman–Crippen LogP) is 4.43. The number of benzene rings is 3. The van der Waals surface area contributed by atoms with Gasteiger partial charge in [-0.25, -0.2) is 0 Å². The van der Waals surface area contributed by atoms with Gasteiger partial charge >= 0.3 is 0 Å². The van der Waals surface area contributed by atoms with Crippen LogP contribution in [-0.2, 0) is 22.5 Å². The fraction of sp³-hybridized carbons (Fsp3) is 0.379. The van der Waals surface area contributed by atoms with Crippen molar-refractivity contribution in [3.63, 3.8) is 0 Å². The summed E-state index contributed by atoms with van der Waals surface area (Å²) in [7, 11) is 0. The van der Waals surface area contributed by atoms with Crippen LogP contribution >= 0.6 is 11.6 Å². The molecule has 0 aliphatic carbocycles. The van der Waals surface area contributed by atoms with E-state index in [4.69, 9.17) is 25.8 Å². The monoisotopic (exact) mass is 510 g/mol. The molecule has 5 rings (SSSR count). The fourth-order valence-electron chi connectivity index (χ4n) is 4.94. The van der Waals surface area contributed by atoms with Gasteiger partial charge in [0.1, 0.15) is 30.7 Å². The van der Waals surface area contributed by atoms with Crippen molar-refractivity contribution in [2.24, 2.45) is 0 Å². The summed E-state index contributed by atoms with van der Waals surface area (Å²) in [6.45, 7) is 2.81. The van der Waals surface area contributed by atoms with Crippen molar-refractivity contribution in [3.8, 4) is 5.75 Å². The lowest BCUT2D eigenvalue weighted by molar-refractivity contribution is -0.181. The van der Waals surface area contributed by atoms with Gasteiger partial charge in [0.05, 0.1) is 25.4 Å². The quantitative estimate of drug-likeness (QED) is 0.436. The number of aliphatic hydroxyl groups excluding tert-OH is 3. The Hall–Kier alpha value is -2.45. The van der Waals surface area contributed by atoms with Crippen LogP contribution in [-0.4, -0.2) is 46.8 Å². The van der Waals surface area contributed by atoms with Crippen molar-refractivity contribution in [3.05, 3.63) is 99.1 Å². The Labute approximate surface area is 216 Å². The Morgan fingerprint density at radius 2 is 1.83 bits per heavy atom. The Morgan fingerprint density at radius 3 is 2.61 bits per heavy atom. The van der Waals surface area contributed by atoms with E-state index in [-0.39, 0.29) is 19.1 Å². The maximum Gasteiger partial charge on any atom is 0.119 e. The van der Waals surface area contributed by atoms with E-state index in [2.05, 4.69) is 25.1 Å². The molecule has 0 bridgehead atoms. The molecule has 190 valence electrons. The van der Waals surface area contributed by atoms with Gasteiger partial charge in [0, 0.05) is 11.4 Å². The smallest absolute Gasteiger partial charge is 0.119 e. The van der Waals surface area contributed by atoms with E-state index in [0.29, 0.717) is 24.7 Å². The van der Waals surface area contributed by atoms with Crippen LogP contribution in [0, 0.1) is 6.92 Å². The molecule has 3 aromatic rings. The van der Waals surface area contributed by atoms with Gasteiger partial charge in [0.2, 0.25) is 0 Å². The average molecular weight is 511 g/mol. The number of ether oxygens (including phenoxy) is 3. The SMILES string of the molecule is Cc1ccc2c(c1)CO[C@@H]2COc1ccc(Cc2cc([C@H]3C[C@@H](O)[C@H](O)[C@@H](CO)O3)ccc2Cl)cc1. The molecule has 0 unspecified atom stereocenters. The number of rotatable bonds is 7. The summed E-state index contributed by atoms with van der Waals surface area (Å²) in [5.41, 5.74) is 6.52. The van der Waals surface area contributed by atoms with Gasteiger partial charge in [-0.1, -0.05) is 59.6 Å². The molecule has 0 aromatic heterocycles. The standard InChI is InChI=1S/C29H31ClO6/c1-17-2-8-23-21(10-17)15-35-28(23)16-34-22-6-3-18(4-7-22)11-20-12-19(5-9-24(20)30)26-13-25(32)29(33)27(14-31)36-26/h2-10,12,25-29,31-33H,11,13-16H2,1H3/t25-,26-,27-,28-,29+/m1/s1. The lowest BCUT2D eigenvalue weighted by Gasteiger charge is -2.36. The molecule has 1 saturated heterocycles. The Bertz CT molecular complexity index is 1200. The summed E-state index contributed by atoms with van der Waals surface area (Å²) in [4.78, 5) is 0. The zero-order valence-corrected chi connectivity index (χ0v) is 20.9. The van der Waals surface area contributed by atoms with Gasteiger partial charge in [-0.05, 0) is 59.4 Å². The average Bonchev–Trinajstić information content (AvgIpc) is 3.28. The van der Waals surface area contributed by atoms with Crippen molar-refractivity contribution < 1.29 is 29.5 Å². The molecule has 2 aliphatic rings. The van der Waals surface area contributed by atoms with Gasteiger partial charge in [-0.15, -0.1) is 0 Å². The summed E-state index contributed by atoms with van der Waals surface area (Å²) >= 11 is 6.49. The molecular weight excluding hydrogens is 480 g/mol. The third-order valence-corrected chi connectivity index (χ3v) is 7.36. The normalized spacial score (nSPS) is 25.5. The first-order valence-electron chi connectivity index (χ1n) is 12.2. The minimum absolute atomic E-state index is 0.0612. The van der Waals surface area contributed by atoms with E-state index in [1.165, 1.54) is 16.7 Å². The maximum atomic E-state index is 10.2. The Kier molecular flexibility index (Phi) is 7.62. The highest BCUT2D eigenvalue weighted by Gasteiger charge is 2.37. The van der Waals surface area contributed by atoms with E-state index < -0.39 is 24.4 Å². The second-order valence-corrected chi connectivity index (χ2v) is 10.0. The molecular formula is C29H31ClO6. The van der Waals surface area contributed by atoms with Crippen molar-refractivity contribution in [1.29, 1.82) is 0 Å². The molecule has 2 heterocycles. The van der Waals surface area contributed by atoms with Crippen LogP contribution in [0.1, 0.15) is 52.0 Å². The summed E-state index contributed by atoms with van der Waals surface area (Å²) < 4.78 is 17.8. The Morgan fingerprint density at radius 1 is 1.03 bits per heavy atom. The fourth-order valence-corrected chi connectivity index (χ4v) is 5.12. The third-order valence-electron chi connectivity index (χ3n) is 7.00. The first kappa shape index (κ1) is 25.2. The molecule has 0 saturated carbocycles. The second-order valence-electron chi connectivity index (χ2n) is 9.62. The first-order valence-corrected chi connectivity index (χ1v) is 12.6. The van der Waals surface area contributed by atoms with Crippen LogP contribution in [0.5, 0.6) is 5.75 Å². The topological polar surface area (TPSA) is 88.4 Å². The van der Waals surface area contributed by atoms with Crippen LogP contribution in [0.3, 0.4) is 0 Å². The van der Waals surface area contributed by atoms with Crippen LogP contribution in [0.2, 0.25) is 5.02 Å². The molecule has 36 heavy (non-hydrogen) atoms. The highest BCUT2D eigenvalue weighted by molar-refractivity contribution is 6.31. The van der Waals surface area contributed by atoms with Gasteiger partial charge in [-0.3, -0.25) is 0 Å². The molecule has 3 N–H and O–H groups in total. The summed E-state index contributed by atoms with van der Waals surface area (Å²) in [5, 5.41) is 30.3. The lowest BCUT2D eigenvalue weighted by Crippen LogP contribution is -2.47. The van der Waals surface area contributed by atoms with E-state index in [1.807, 2.05) is 42.5 Å². The van der Waals surface area contributed by atoms with Crippen molar-refractivity contribution >= 4 is 11.6 Å². The largest absolute Gasteiger partial charge is 0.491 e. The van der Waals surface area contributed by atoms with Crippen LogP contribution in [0.4, 0.5) is 0 Å². The van der Waals surface area contributed by atoms with E-state index in [0.717, 1.165) is 22.4 Å². The number of hydrogen-bond donors (Lipinski definition) is 3. The number of hydrogen-bond acceptors (Lipinski definition) is 6. The molecule has 0 amide bonds. The van der Waals surface area contributed by atoms with Gasteiger partial charge < -0.3 is 29.5 Å². The number of halogens is 1. The molecule has 0 radical (unpaired) electrons. The lowest BCUT2D eigenvalue weighted by atomic mass is 9.92. The van der Waals surface area contributed by atoms with E-state index in [1.54, 1.807) is 0 Å². The molecule has 0 spiro atoms. The molecule has 7 heteroatoms. The zero-order valence-electron chi connectivity index (χ0n) is 20.1. The van der Waals surface area contributed by atoms with Crippen LogP contribution in [0.25, 0.3) is 0 Å². The number of aliphatic hydroxyl groups is 3. The first-order chi connectivity index (χ1) is 17.4. The summed E-state index contributed by atoms with van der Waals surface area (Å²) in [6.07, 6.45) is -2.50. The predicted molar refractivity (Wildman–Crippen MR) is 136 cm³/mol. The van der Waals surface area contributed by atoms with Crippen molar-refractivity contribution in [1.82, 2.24) is 0 Å². The second kappa shape index (κ2) is 10.9. The molecule has 3 aromatic carbocycles. The number of fused-ring (bicyclic) bond motifs is 1. The van der Waals surface area contributed by atoms with E-state index >= 15 is 0 Å². The molecule has 6 nitrogen and oxygen atoms in total. The zero-order chi connectivity index (χ0) is 25.2.